The monoisotopic (exact) mass is 318 g/mol. The molecule has 0 atom stereocenters. The maximum atomic E-state index is 5.58. The van der Waals surface area contributed by atoms with Crippen molar-refractivity contribution in [1.82, 2.24) is 0 Å². The minimum atomic E-state index is 0. The number of hydrogen-bond donors (Lipinski definition) is 0. The van der Waals surface area contributed by atoms with Gasteiger partial charge >= 0.3 is 0 Å². The van der Waals surface area contributed by atoms with E-state index >= 15 is 0 Å². The molecule has 13 heavy (non-hydrogen) atoms. The lowest BCUT2D eigenvalue weighted by atomic mass is 10.1. The van der Waals surface area contributed by atoms with Crippen LogP contribution in [-0.4, -0.2) is 5.88 Å². The summed E-state index contributed by atoms with van der Waals surface area (Å²) in [5, 5.41) is 0. The molecule has 0 rings (SSSR count). The zero-order valence-electron chi connectivity index (χ0n) is 8.86. The predicted molar refractivity (Wildman–Crippen MR) is 73.4 cm³/mol. The molecule has 0 saturated carbocycles. The van der Waals surface area contributed by atoms with Gasteiger partial charge < -0.3 is 0 Å². The van der Waals surface area contributed by atoms with Crippen molar-refractivity contribution in [3.63, 3.8) is 0 Å². The molecule has 0 heterocycles. The first kappa shape index (κ1) is 16.4. The first-order valence-electron chi connectivity index (χ1n) is 5.47. The van der Waals surface area contributed by atoms with Crippen molar-refractivity contribution in [3.05, 3.63) is 0 Å². The fourth-order valence-corrected chi connectivity index (χ4v) is 1.59. The molecule has 82 valence electrons. The molecule has 0 aromatic carbocycles. The van der Waals surface area contributed by atoms with E-state index in [0.29, 0.717) is 0 Å². The molecule has 0 spiro atoms. The van der Waals surface area contributed by atoms with Crippen molar-refractivity contribution < 1.29 is 0 Å². The van der Waals surface area contributed by atoms with Crippen molar-refractivity contribution in [2.24, 2.45) is 0 Å². The fraction of sp³-hybridized carbons (Fsp3) is 1.00. The minimum absolute atomic E-state index is 0. The van der Waals surface area contributed by atoms with Gasteiger partial charge in [0.25, 0.3) is 0 Å². The molecule has 0 aromatic rings. The van der Waals surface area contributed by atoms with Gasteiger partial charge in [0, 0.05) is 5.88 Å². The molecule has 0 aliphatic heterocycles. The third kappa shape index (κ3) is 15.7. The van der Waals surface area contributed by atoms with E-state index in [1.807, 2.05) is 0 Å². The van der Waals surface area contributed by atoms with Crippen LogP contribution in [0.15, 0.2) is 0 Å². The zero-order chi connectivity index (χ0) is 9.07. The molecule has 0 nitrogen and oxygen atoms in total. The third-order valence-corrected chi connectivity index (χ3v) is 2.50. The Hall–Kier alpha value is 1.02. The lowest BCUT2D eigenvalue weighted by Gasteiger charge is -1.99. The van der Waals surface area contributed by atoms with Crippen LogP contribution in [-0.2, 0) is 0 Å². The smallest absolute Gasteiger partial charge is 0.0223 e. The highest BCUT2D eigenvalue weighted by atomic mass is 127. The Morgan fingerprint density at radius 3 is 1.46 bits per heavy atom. The van der Waals surface area contributed by atoms with Crippen LogP contribution in [0.25, 0.3) is 0 Å². The summed E-state index contributed by atoms with van der Waals surface area (Å²) >= 11 is 5.58. The van der Waals surface area contributed by atoms with Gasteiger partial charge in [-0.15, -0.1) is 35.6 Å². The summed E-state index contributed by atoms with van der Waals surface area (Å²) < 4.78 is 0. The van der Waals surface area contributed by atoms with Gasteiger partial charge in [0.05, 0.1) is 0 Å². The number of halogens is 2. The summed E-state index contributed by atoms with van der Waals surface area (Å²) in [6.07, 6.45) is 12.4. The summed E-state index contributed by atoms with van der Waals surface area (Å²) in [6, 6.07) is 0. The van der Waals surface area contributed by atoms with Crippen LogP contribution in [0.5, 0.6) is 0 Å². The normalized spacial score (nSPS) is 9.69. The second-order valence-electron chi connectivity index (χ2n) is 3.52. The SMILES string of the molecule is CCCCCCCCCCCCl.I. The Bertz CT molecular complexity index is 66.5. The molecule has 0 radical (unpaired) electrons. The van der Waals surface area contributed by atoms with Gasteiger partial charge in [-0.25, -0.2) is 0 Å². The molecule has 0 aromatic heterocycles. The number of rotatable bonds is 9. The van der Waals surface area contributed by atoms with E-state index in [0.717, 1.165) is 5.88 Å². The molecule has 0 saturated heterocycles. The average Bonchev–Trinajstić information content (AvgIpc) is 2.10. The van der Waals surface area contributed by atoms with Gasteiger partial charge in [0.1, 0.15) is 0 Å². The second kappa shape index (κ2) is 15.5. The fourth-order valence-electron chi connectivity index (χ4n) is 1.41. The Morgan fingerprint density at radius 1 is 0.692 bits per heavy atom. The topological polar surface area (TPSA) is 0 Å². The molecule has 0 N–H and O–H groups in total. The summed E-state index contributed by atoms with van der Waals surface area (Å²) in [5.41, 5.74) is 0. The van der Waals surface area contributed by atoms with Crippen molar-refractivity contribution in [2.45, 2.75) is 64.7 Å². The lowest BCUT2D eigenvalue weighted by molar-refractivity contribution is 0.573. The Kier molecular flexibility index (Phi) is 19.6. The molecule has 0 aliphatic rings. The summed E-state index contributed by atoms with van der Waals surface area (Å²) in [5.74, 6) is 0.843. The summed E-state index contributed by atoms with van der Waals surface area (Å²) in [6.45, 7) is 2.26. The van der Waals surface area contributed by atoms with Crippen LogP contribution >= 0.6 is 35.6 Å². The Morgan fingerprint density at radius 2 is 1.08 bits per heavy atom. The van der Waals surface area contributed by atoms with Crippen molar-refractivity contribution in [2.75, 3.05) is 5.88 Å². The molecule has 0 fully saturated rings. The number of hydrogen-bond acceptors (Lipinski definition) is 0. The number of alkyl halides is 1. The zero-order valence-corrected chi connectivity index (χ0v) is 11.9. The molecule has 2 heteroatoms. The van der Waals surface area contributed by atoms with Crippen molar-refractivity contribution in [3.8, 4) is 0 Å². The van der Waals surface area contributed by atoms with Crippen molar-refractivity contribution >= 4 is 35.6 Å². The highest BCUT2D eigenvalue weighted by Crippen LogP contribution is 2.09. The molecule has 0 unspecified atom stereocenters. The third-order valence-electron chi connectivity index (χ3n) is 2.24. The molecule has 0 amide bonds. The van der Waals surface area contributed by atoms with Gasteiger partial charge in [-0.2, -0.15) is 0 Å². The van der Waals surface area contributed by atoms with Gasteiger partial charge in [-0.1, -0.05) is 58.3 Å². The second-order valence-corrected chi connectivity index (χ2v) is 3.90. The first-order chi connectivity index (χ1) is 5.91. The molecule has 0 bridgehead atoms. The standard InChI is InChI=1S/C11H23Cl.HI/c1-2-3-4-5-6-7-8-9-10-11-12;/h2-11H2,1H3;1H. The van der Waals surface area contributed by atoms with Crippen molar-refractivity contribution in [1.29, 1.82) is 0 Å². The van der Waals surface area contributed by atoms with Crippen LogP contribution in [0, 0.1) is 0 Å². The van der Waals surface area contributed by atoms with E-state index in [1.165, 1.54) is 57.8 Å². The van der Waals surface area contributed by atoms with Crippen LogP contribution < -0.4 is 0 Å². The Balaban J connectivity index is 0. The first-order valence-corrected chi connectivity index (χ1v) is 6.01. The lowest BCUT2D eigenvalue weighted by Crippen LogP contribution is -1.81. The van der Waals surface area contributed by atoms with E-state index in [4.69, 9.17) is 11.6 Å². The maximum Gasteiger partial charge on any atom is 0.0223 e. The van der Waals surface area contributed by atoms with Gasteiger partial charge in [-0.3, -0.25) is 0 Å². The average molecular weight is 319 g/mol. The quantitative estimate of drug-likeness (QED) is 0.304. The van der Waals surface area contributed by atoms with Gasteiger partial charge in [0.2, 0.25) is 0 Å². The van der Waals surface area contributed by atoms with Crippen LogP contribution in [0.1, 0.15) is 64.7 Å². The molecule has 0 aliphatic carbocycles. The summed E-state index contributed by atoms with van der Waals surface area (Å²) in [4.78, 5) is 0. The Labute approximate surface area is 106 Å². The highest BCUT2D eigenvalue weighted by Gasteiger charge is 1.90. The highest BCUT2D eigenvalue weighted by molar-refractivity contribution is 14.0. The largest absolute Gasteiger partial charge is 0.127 e. The van der Waals surface area contributed by atoms with E-state index in [9.17, 15) is 0 Å². The van der Waals surface area contributed by atoms with Crippen LogP contribution in [0.4, 0.5) is 0 Å². The van der Waals surface area contributed by atoms with Crippen LogP contribution in [0.3, 0.4) is 0 Å². The van der Waals surface area contributed by atoms with Crippen LogP contribution in [0.2, 0.25) is 0 Å². The maximum absolute atomic E-state index is 5.58. The minimum Gasteiger partial charge on any atom is -0.127 e. The van der Waals surface area contributed by atoms with E-state index in [-0.39, 0.29) is 24.0 Å². The summed E-state index contributed by atoms with van der Waals surface area (Å²) in [7, 11) is 0. The number of unbranched alkanes of at least 4 members (excludes halogenated alkanes) is 8. The molecular formula is C11H24ClI. The predicted octanol–water partition coefficient (Wildman–Crippen LogP) is 5.37. The van der Waals surface area contributed by atoms with Gasteiger partial charge in [0.15, 0.2) is 0 Å². The van der Waals surface area contributed by atoms with E-state index in [2.05, 4.69) is 6.92 Å². The van der Waals surface area contributed by atoms with E-state index in [1.54, 1.807) is 0 Å². The van der Waals surface area contributed by atoms with Gasteiger partial charge in [-0.05, 0) is 6.42 Å². The molecular weight excluding hydrogens is 294 g/mol. The van der Waals surface area contributed by atoms with E-state index < -0.39 is 0 Å².